The van der Waals surface area contributed by atoms with Crippen molar-refractivity contribution in [1.29, 1.82) is 0 Å². The molecule has 0 radical (unpaired) electrons. The molecule has 1 N–H and O–H groups in total. The fraction of sp³-hybridized carbons (Fsp3) is 0.333. The Labute approximate surface area is 252 Å². The molecule has 0 unspecified atom stereocenters. The fourth-order valence-electron chi connectivity index (χ4n) is 4.21. The first-order valence-electron chi connectivity index (χ1n) is 13.3. The van der Waals surface area contributed by atoms with Crippen LogP contribution in [0.4, 0.5) is 5.69 Å². The van der Waals surface area contributed by atoms with Gasteiger partial charge in [0.1, 0.15) is 18.3 Å². The van der Waals surface area contributed by atoms with Crippen LogP contribution >= 0.6 is 23.2 Å². The van der Waals surface area contributed by atoms with Crippen LogP contribution in [0.1, 0.15) is 39.2 Å². The molecule has 0 bridgehead atoms. The van der Waals surface area contributed by atoms with E-state index in [1.54, 1.807) is 42.5 Å². The molecule has 0 aliphatic heterocycles. The first-order valence-corrected chi connectivity index (χ1v) is 15.5. The van der Waals surface area contributed by atoms with Crippen LogP contribution in [0.25, 0.3) is 0 Å². The first-order chi connectivity index (χ1) is 19.5. The highest BCUT2D eigenvalue weighted by atomic mass is 35.5. The normalized spacial score (nSPS) is 12.7. The summed E-state index contributed by atoms with van der Waals surface area (Å²) < 4.78 is 34.0. The summed E-state index contributed by atoms with van der Waals surface area (Å²) in [6, 6.07) is 18.3. The summed E-state index contributed by atoms with van der Waals surface area (Å²) in [6.45, 7) is 5.16. The summed E-state index contributed by atoms with van der Waals surface area (Å²) in [5, 5.41) is 3.67. The van der Waals surface area contributed by atoms with E-state index in [1.807, 2.05) is 20.8 Å². The van der Waals surface area contributed by atoms with Crippen molar-refractivity contribution in [3.05, 3.63) is 88.4 Å². The van der Waals surface area contributed by atoms with Gasteiger partial charge in [-0.05, 0) is 67.8 Å². The van der Waals surface area contributed by atoms with Gasteiger partial charge in [0.05, 0.1) is 22.7 Å². The van der Waals surface area contributed by atoms with Gasteiger partial charge in [0, 0.05) is 17.6 Å². The molecule has 0 aliphatic rings. The highest BCUT2D eigenvalue weighted by Crippen LogP contribution is 2.32. The third-order valence-electron chi connectivity index (χ3n) is 6.69. The molecule has 220 valence electrons. The van der Waals surface area contributed by atoms with E-state index >= 15 is 0 Å². The number of benzene rings is 3. The van der Waals surface area contributed by atoms with Crippen molar-refractivity contribution in [1.82, 2.24) is 10.2 Å². The number of nitrogens with zero attached hydrogens (tertiary/aromatic N) is 2. The molecule has 8 nitrogen and oxygen atoms in total. The van der Waals surface area contributed by atoms with Gasteiger partial charge in [0.15, 0.2) is 0 Å². The number of ether oxygens (including phenoxy) is 1. The number of rotatable bonds is 13. The van der Waals surface area contributed by atoms with Gasteiger partial charge in [-0.2, -0.15) is 0 Å². The maximum atomic E-state index is 14.1. The number of hydrogen-bond donors (Lipinski definition) is 1. The van der Waals surface area contributed by atoms with E-state index in [-0.39, 0.29) is 34.1 Å². The van der Waals surface area contributed by atoms with Gasteiger partial charge >= 0.3 is 0 Å². The predicted octanol–water partition coefficient (Wildman–Crippen LogP) is 5.92. The zero-order valence-electron chi connectivity index (χ0n) is 23.5. The molecule has 3 aromatic carbocycles. The third kappa shape index (κ3) is 8.15. The average Bonchev–Trinajstić information content (AvgIpc) is 2.96. The van der Waals surface area contributed by atoms with Gasteiger partial charge in [-0.15, -0.1) is 0 Å². The van der Waals surface area contributed by atoms with E-state index < -0.39 is 28.5 Å². The molecule has 0 saturated heterocycles. The lowest BCUT2D eigenvalue weighted by atomic mass is 10.1. The Kier molecular flexibility index (Phi) is 11.5. The lowest BCUT2D eigenvalue weighted by molar-refractivity contribution is -0.140. The van der Waals surface area contributed by atoms with E-state index in [9.17, 15) is 18.0 Å². The molecule has 41 heavy (non-hydrogen) atoms. The molecule has 0 aliphatic carbocycles. The van der Waals surface area contributed by atoms with Gasteiger partial charge in [-0.1, -0.05) is 67.4 Å². The molecule has 2 amide bonds. The van der Waals surface area contributed by atoms with Gasteiger partial charge in [0.2, 0.25) is 11.8 Å². The number of methoxy groups -OCH3 is 1. The van der Waals surface area contributed by atoms with Crippen LogP contribution in [0.5, 0.6) is 5.75 Å². The molecule has 0 fully saturated rings. The summed E-state index contributed by atoms with van der Waals surface area (Å²) in [6.07, 6.45) is 1.04. The van der Waals surface area contributed by atoms with Gasteiger partial charge in [-0.3, -0.25) is 13.9 Å². The summed E-state index contributed by atoms with van der Waals surface area (Å²) >= 11 is 12.4. The number of nitrogens with one attached hydrogen (secondary N) is 1. The Hall–Kier alpha value is -3.27. The third-order valence-corrected chi connectivity index (χ3v) is 9.02. The number of hydrogen-bond acceptors (Lipinski definition) is 5. The van der Waals surface area contributed by atoms with Gasteiger partial charge in [-0.25, -0.2) is 8.42 Å². The van der Waals surface area contributed by atoms with Gasteiger partial charge in [0.25, 0.3) is 10.0 Å². The molecular formula is C30H35Cl2N3O5S. The van der Waals surface area contributed by atoms with E-state index in [2.05, 4.69) is 5.32 Å². The van der Waals surface area contributed by atoms with E-state index in [0.29, 0.717) is 23.6 Å². The Balaban J connectivity index is 2.08. The highest BCUT2D eigenvalue weighted by Gasteiger charge is 2.34. The standard InChI is InChI=1S/C30H35Cl2N3O5S/c1-5-21(3)33-30(37)27(6-2)34(19-22-12-14-23(31)15-13-22)29(36)20-35(24-16-17-28(40-4)26(32)18-24)41(38,39)25-10-8-7-9-11-25/h7-18,21,27H,5-6,19-20H2,1-4H3,(H,33,37)/t21-,27+/m1/s1. The molecule has 0 aromatic heterocycles. The van der Waals surface area contributed by atoms with Crippen molar-refractivity contribution in [2.24, 2.45) is 0 Å². The molecule has 3 aromatic rings. The molecule has 3 rings (SSSR count). The molecule has 11 heteroatoms. The zero-order chi connectivity index (χ0) is 30.2. The highest BCUT2D eigenvalue weighted by molar-refractivity contribution is 7.92. The largest absolute Gasteiger partial charge is 0.495 e. The van der Waals surface area contributed by atoms with Crippen molar-refractivity contribution < 1.29 is 22.7 Å². The number of halogens is 2. The summed E-state index contributed by atoms with van der Waals surface area (Å²) in [7, 11) is -2.75. The number of anilines is 1. The number of sulfonamides is 1. The minimum atomic E-state index is -4.20. The van der Waals surface area contributed by atoms with Crippen LogP contribution in [-0.4, -0.2) is 50.9 Å². The topological polar surface area (TPSA) is 96.0 Å². The van der Waals surface area contributed by atoms with Crippen molar-refractivity contribution >= 4 is 50.7 Å². The predicted molar refractivity (Wildman–Crippen MR) is 163 cm³/mol. The van der Waals surface area contributed by atoms with Crippen LogP contribution in [-0.2, 0) is 26.2 Å². The SMILES string of the molecule is CC[C@@H](C)NC(=O)[C@H](CC)N(Cc1ccc(Cl)cc1)C(=O)CN(c1ccc(OC)c(Cl)c1)S(=O)(=O)c1ccccc1. The molecule has 0 heterocycles. The number of carbonyl (C=O) groups is 2. The quantitative estimate of drug-likeness (QED) is 0.256. The maximum Gasteiger partial charge on any atom is 0.264 e. The maximum absolute atomic E-state index is 14.1. The smallest absolute Gasteiger partial charge is 0.264 e. The minimum Gasteiger partial charge on any atom is -0.495 e. The van der Waals surface area contributed by atoms with Crippen molar-refractivity contribution in [2.45, 2.75) is 57.1 Å². The second-order valence-corrected chi connectivity index (χ2v) is 12.2. The first kappa shape index (κ1) is 32.2. The molecule has 2 atom stereocenters. The summed E-state index contributed by atoms with van der Waals surface area (Å²) in [4.78, 5) is 28.9. The monoisotopic (exact) mass is 619 g/mol. The summed E-state index contributed by atoms with van der Waals surface area (Å²) in [5.74, 6) is -0.511. The average molecular weight is 621 g/mol. The Morgan fingerprint density at radius 2 is 1.61 bits per heavy atom. The lowest BCUT2D eigenvalue weighted by Gasteiger charge is -2.33. The van der Waals surface area contributed by atoms with Crippen molar-refractivity contribution in [3.8, 4) is 5.75 Å². The lowest BCUT2D eigenvalue weighted by Crippen LogP contribution is -2.53. The zero-order valence-corrected chi connectivity index (χ0v) is 25.8. The number of carbonyl (C=O) groups excluding carboxylic acids is 2. The van der Waals surface area contributed by atoms with E-state index in [4.69, 9.17) is 27.9 Å². The van der Waals surface area contributed by atoms with Gasteiger partial charge < -0.3 is 15.0 Å². The fourth-order valence-corrected chi connectivity index (χ4v) is 6.01. The Bertz CT molecular complexity index is 1440. The van der Waals surface area contributed by atoms with Crippen LogP contribution < -0.4 is 14.4 Å². The van der Waals surface area contributed by atoms with E-state index in [1.165, 1.54) is 42.3 Å². The minimum absolute atomic E-state index is 0.00514. The van der Waals surface area contributed by atoms with Crippen molar-refractivity contribution in [3.63, 3.8) is 0 Å². The van der Waals surface area contributed by atoms with Crippen molar-refractivity contribution in [2.75, 3.05) is 18.0 Å². The Morgan fingerprint density at radius 3 is 2.17 bits per heavy atom. The van der Waals surface area contributed by atoms with Crippen LogP contribution in [0, 0.1) is 0 Å². The summed E-state index contributed by atoms with van der Waals surface area (Å²) in [5.41, 5.74) is 0.916. The van der Waals surface area contributed by atoms with Crippen LogP contribution in [0.2, 0.25) is 10.0 Å². The second-order valence-electron chi connectivity index (χ2n) is 9.53. The van der Waals surface area contributed by atoms with E-state index in [0.717, 1.165) is 9.87 Å². The second kappa shape index (κ2) is 14.6. The molecular weight excluding hydrogens is 585 g/mol. The van der Waals surface area contributed by atoms with Crippen LogP contribution in [0.3, 0.4) is 0 Å². The molecule has 0 spiro atoms. The molecule has 0 saturated carbocycles. The Morgan fingerprint density at radius 1 is 0.951 bits per heavy atom. The number of amides is 2. The van der Waals surface area contributed by atoms with Crippen LogP contribution in [0.15, 0.2) is 77.7 Å².